The Morgan fingerprint density at radius 2 is 2.46 bits per heavy atom. The number of nitrogens with zero attached hydrogens (tertiary/aromatic N) is 2. The minimum absolute atomic E-state index is 0.388. The highest BCUT2D eigenvalue weighted by Gasteiger charge is 2.21. The molecule has 0 bridgehead atoms. The van der Waals surface area contributed by atoms with Crippen molar-refractivity contribution >= 4 is 21.9 Å². The molecule has 13 heavy (non-hydrogen) atoms. The third kappa shape index (κ3) is 2.07. The van der Waals surface area contributed by atoms with Gasteiger partial charge in [0.1, 0.15) is 4.60 Å². The van der Waals surface area contributed by atoms with Gasteiger partial charge in [-0.1, -0.05) is 0 Å². The fraction of sp³-hybridized carbons (Fsp3) is 0.429. The summed E-state index contributed by atoms with van der Waals surface area (Å²) in [5, 5.41) is 13.3. The van der Waals surface area contributed by atoms with Crippen LogP contribution < -0.4 is 0 Å². The highest BCUT2D eigenvalue weighted by Crippen LogP contribution is 2.17. The van der Waals surface area contributed by atoms with E-state index in [0.29, 0.717) is 10.3 Å². The summed E-state index contributed by atoms with van der Waals surface area (Å²) < 4.78 is 6.36. The van der Waals surface area contributed by atoms with Crippen molar-refractivity contribution in [2.45, 2.75) is 6.10 Å². The first-order chi connectivity index (χ1) is 6.06. The van der Waals surface area contributed by atoms with Crippen LogP contribution in [0, 0.1) is 0 Å². The summed E-state index contributed by atoms with van der Waals surface area (Å²) in [6.45, 7) is 0. The van der Waals surface area contributed by atoms with Crippen molar-refractivity contribution in [1.82, 2.24) is 9.78 Å². The Hall–Kier alpha value is -0.880. The van der Waals surface area contributed by atoms with Crippen molar-refractivity contribution in [3.63, 3.8) is 0 Å². The van der Waals surface area contributed by atoms with Crippen LogP contribution in [0.1, 0.15) is 11.8 Å². The van der Waals surface area contributed by atoms with Crippen LogP contribution in [-0.2, 0) is 16.6 Å². The van der Waals surface area contributed by atoms with E-state index in [9.17, 15) is 9.90 Å². The fourth-order valence-corrected chi connectivity index (χ4v) is 1.41. The van der Waals surface area contributed by atoms with E-state index in [0.717, 1.165) is 0 Å². The number of halogens is 1. The third-order valence-electron chi connectivity index (χ3n) is 1.59. The minimum Gasteiger partial charge on any atom is -0.467 e. The van der Waals surface area contributed by atoms with Crippen LogP contribution in [0.5, 0.6) is 0 Å². The van der Waals surface area contributed by atoms with Gasteiger partial charge in [0.15, 0.2) is 6.10 Å². The zero-order valence-corrected chi connectivity index (χ0v) is 8.78. The lowest BCUT2D eigenvalue weighted by Crippen LogP contribution is -2.16. The van der Waals surface area contributed by atoms with Crippen LogP contribution in [-0.4, -0.2) is 28.0 Å². The largest absolute Gasteiger partial charge is 0.467 e. The molecule has 0 aliphatic heterocycles. The Bertz CT molecular complexity index is 324. The molecule has 1 heterocycles. The van der Waals surface area contributed by atoms with Crippen LogP contribution >= 0.6 is 15.9 Å². The number of aliphatic hydroxyl groups excluding tert-OH is 1. The average Bonchev–Trinajstić information content (AvgIpc) is 2.42. The van der Waals surface area contributed by atoms with E-state index in [1.165, 1.54) is 11.8 Å². The van der Waals surface area contributed by atoms with Gasteiger partial charge >= 0.3 is 5.97 Å². The molecule has 6 heteroatoms. The number of aromatic nitrogens is 2. The van der Waals surface area contributed by atoms with E-state index < -0.39 is 12.1 Å². The number of aliphatic hydroxyl groups is 1. The Morgan fingerprint density at radius 3 is 2.85 bits per heavy atom. The maximum absolute atomic E-state index is 10.9. The van der Waals surface area contributed by atoms with Crippen molar-refractivity contribution in [1.29, 1.82) is 0 Å². The Kier molecular flexibility index (Phi) is 3.05. The molecule has 5 nitrogen and oxygen atoms in total. The van der Waals surface area contributed by atoms with Crippen LogP contribution in [0.4, 0.5) is 0 Å². The summed E-state index contributed by atoms with van der Waals surface area (Å²) in [5.41, 5.74) is 0.388. The quantitative estimate of drug-likeness (QED) is 0.770. The predicted molar refractivity (Wildman–Crippen MR) is 47.9 cm³/mol. The standard InChI is InChI=1S/C7H9BrN2O3/c1-10-4(3-5(8)9-10)6(11)7(12)13-2/h3,6,11H,1-2H3. The summed E-state index contributed by atoms with van der Waals surface area (Å²) in [6, 6.07) is 1.56. The first-order valence-corrected chi connectivity index (χ1v) is 4.31. The van der Waals surface area contributed by atoms with E-state index in [2.05, 4.69) is 25.8 Å². The molecule has 1 rings (SSSR count). The van der Waals surface area contributed by atoms with Crippen LogP contribution in [0.3, 0.4) is 0 Å². The molecule has 1 aromatic heterocycles. The topological polar surface area (TPSA) is 64.3 Å². The highest BCUT2D eigenvalue weighted by molar-refractivity contribution is 9.10. The molecule has 0 aromatic carbocycles. The molecular formula is C7H9BrN2O3. The summed E-state index contributed by atoms with van der Waals surface area (Å²) >= 11 is 3.13. The summed E-state index contributed by atoms with van der Waals surface area (Å²) in [7, 11) is 2.85. The van der Waals surface area contributed by atoms with Crippen molar-refractivity contribution in [3.8, 4) is 0 Å². The molecular weight excluding hydrogens is 240 g/mol. The molecule has 0 fully saturated rings. The molecule has 1 aromatic rings. The monoisotopic (exact) mass is 248 g/mol. The van der Waals surface area contributed by atoms with Gasteiger partial charge < -0.3 is 9.84 Å². The molecule has 0 saturated carbocycles. The number of ether oxygens (including phenoxy) is 1. The van der Waals surface area contributed by atoms with Crippen molar-refractivity contribution in [2.24, 2.45) is 7.05 Å². The predicted octanol–water partition coefficient (Wildman–Crippen LogP) is 0.389. The number of hydrogen-bond donors (Lipinski definition) is 1. The van der Waals surface area contributed by atoms with Crippen LogP contribution in [0.2, 0.25) is 0 Å². The maximum atomic E-state index is 10.9. The van der Waals surface area contributed by atoms with Gasteiger partial charge in [0.2, 0.25) is 0 Å². The molecule has 1 N–H and O–H groups in total. The second-order valence-corrected chi connectivity index (χ2v) is 3.25. The van der Waals surface area contributed by atoms with Gasteiger partial charge in [-0.15, -0.1) is 0 Å². The van der Waals surface area contributed by atoms with E-state index >= 15 is 0 Å². The van der Waals surface area contributed by atoms with Crippen LogP contribution in [0.25, 0.3) is 0 Å². The maximum Gasteiger partial charge on any atom is 0.341 e. The van der Waals surface area contributed by atoms with Crippen molar-refractivity contribution in [3.05, 3.63) is 16.4 Å². The normalized spacial score (nSPS) is 12.6. The van der Waals surface area contributed by atoms with Gasteiger partial charge in [-0.2, -0.15) is 5.10 Å². The van der Waals surface area contributed by atoms with Crippen molar-refractivity contribution < 1.29 is 14.6 Å². The fourth-order valence-electron chi connectivity index (χ4n) is 0.934. The minimum atomic E-state index is -1.28. The van der Waals surface area contributed by atoms with Crippen molar-refractivity contribution in [2.75, 3.05) is 7.11 Å². The zero-order chi connectivity index (χ0) is 10.0. The lowest BCUT2D eigenvalue weighted by molar-refractivity contribution is -0.151. The molecule has 72 valence electrons. The Morgan fingerprint density at radius 1 is 1.85 bits per heavy atom. The number of carbonyl (C=O) groups is 1. The number of aryl methyl sites for hydroxylation is 1. The Labute approximate surface area is 83.4 Å². The number of methoxy groups -OCH3 is 1. The highest BCUT2D eigenvalue weighted by atomic mass is 79.9. The number of esters is 1. The summed E-state index contributed by atoms with van der Waals surface area (Å²) in [4.78, 5) is 10.9. The molecule has 1 unspecified atom stereocenters. The molecule has 0 aliphatic carbocycles. The van der Waals surface area contributed by atoms with Crippen LogP contribution in [0.15, 0.2) is 10.7 Å². The van der Waals surface area contributed by atoms with Gasteiger partial charge in [-0.25, -0.2) is 4.79 Å². The first-order valence-electron chi connectivity index (χ1n) is 3.51. The molecule has 0 amide bonds. The first kappa shape index (κ1) is 10.2. The van der Waals surface area contributed by atoms with Gasteiger partial charge in [0, 0.05) is 7.05 Å². The lowest BCUT2D eigenvalue weighted by Gasteiger charge is -2.07. The second-order valence-electron chi connectivity index (χ2n) is 2.44. The van der Waals surface area contributed by atoms with E-state index in [1.54, 1.807) is 13.1 Å². The Balaban J connectivity index is 2.94. The number of rotatable bonds is 2. The number of hydrogen-bond acceptors (Lipinski definition) is 4. The van der Waals surface area contributed by atoms with E-state index in [1.807, 2.05) is 0 Å². The molecule has 0 aliphatic rings. The van der Waals surface area contributed by atoms with Gasteiger partial charge in [0.05, 0.1) is 12.8 Å². The lowest BCUT2D eigenvalue weighted by atomic mass is 10.2. The zero-order valence-electron chi connectivity index (χ0n) is 7.19. The SMILES string of the molecule is COC(=O)C(O)c1cc(Br)nn1C. The third-order valence-corrected chi connectivity index (χ3v) is 1.98. The smallest absolute Gasteiger partial charge is 0.341 e. The van der Waals surface area contributed by atoms with Gasteiger partial charge in [-0.05, 0) is 22.0 Å². The number of carbonyl (C=O) groups excluding carboxylic acids is 1. The molecule has 0 spiro atoms. The average molecular weight is 249 g/mol. The molecule has 0 radical (unpaired) electrons. The second kappa shape index (κ2) is 3.89. The summed E-state index contributed by atoms with van der Waals surface area (Å²) in [5.74, 6) is -0.699. The summed E-state index contributed by atoms with van der Waals surface area (Å²) in [6.07, 6.45) is -1.28. The van der Waals surface area contributed by atoms with E-state index in [4.69, 9.17) is 0 Å². The van der Waals surface area contributed by atoms with E-state index in [-0.39, 0.29) is 0 Å². The molecule has 0 saturated heterocycles. The van der Waals surface area contributed by atoms with Gasteiger partial charge in [0.25, 0.3) is 0 Å². The van der Waals surface area contributed by atoms with Gasteiger partial charge in [-0.3, -0.25) is 4.68 Å². The molecule has 1 atom stereocenters.